The summed E-state index contributed by atoms with van der Waals surface area (Å²) in [6.45, 7) is 0. The third kappa shape index (κ3) is 3.14. The summed E-state index contributed by atoms with van der Waals surface area (Å²) < 4.78 is 0. The summed E-state index contributed by atoms with van der Waals surface area (Å²) in [5.41, 5.74) is 0.844. The van der Waals surface area contributed by atoms with E-state index in [2.05, 4.69) is 0 Å². The molecular formula is C15H11ClO3. The maximum Gasteiger partial charge on any atom is 0.189 e. The third-order valence-corrected chi connectivity index (χ3v) is 2.91. The molecule has 0 fully saturated rings. The van der Waals surface area contributed by atoms with Crippen molar-refractivity contribution in [2.45, 2.75) is 0 Å². The zero-order chi connectivity index (χ0) is 13.8. The van der Waals surface area contributed by atoms with E-state index in [0.717, 1.165) is 11.6 Å². The van der Waals surface area contributed by atoms with Crippen LogP contribution in [0.1, 0.15) is 15.9 Å². The Labute approximate surface area is 115 Å². The Bertz CT molecular complexity index is 648. The fraction of sp³-hybridized carbons (Fsp3) is 0. The molecule has 0 atom stereocenters. The molecule has 2 rings (SSSR count). The van der Waals surface area contributed by atoms with Crippen LogP contribution in [0.4, 0.5) is 0 Å². The van der Waals surface area contributed by atoms with Crippen LogP contribution in [0.15, 0.2) is 48.5 Å². The van der Waals surface area contributed by atoms with Gasteiger partial charge in [0.15, 0.2) is 5.78 Å². The zero-order valence-electron chi connectivity index (χ0n) is 9.88. The van der Waals surface area contributed by atoms with Crippen LogP contribution in [-0.2, 0) is 0 Å². The van der Waals surface area contributed by atoms with Gasteiger partial charge in [0, 0.05) is 11.1 Å². The molecule has 0 saturated heterocycles. The Kier molecular flexibility index (Phi) is 3.88. The maximum absolute atomic E-state index is 11.9. The lowest BCUT2D eigenvalue weighted by molar-refractivity contribution is 0.104. The predicted molar refractivity (Wildman–Crippen MR) is 74.6 cm³/mol. The highest BCUT2D eigenvalue weighted by Crippen LogP contribution is 2.24. The molecule has 0 aliphatic rings. The quantitative estimate of drug-likeness (QED) is 0.663. The van der Waals surface area contributed by atoms with Crippen LogP contribution in [-0.4, -0.2) is 16.0 Å². The lowest BCUT2D eigenvalue weighted by Crippen LogP contribution is -1.94. The highest BCUT2D eigenvalue weighted by molar-refractivity contribution is 6.32. The van der Waals surface area contributed by atoms with Crippen LogP contribution in [0.2, 0.25) is 5.02 Å². The number of phenolic OH excluding ortho intramolecular Hbond substituents is 2. The molecule has 0 aliphatic heterocycles. The van der Waals surface area contributed by atoms with Gasteiger partial charge in [0.05, 0.1) is 5.56 Å². The lowest BCUT2D eigenvalue weighted by Gasteiger charge is -2.01. The molecule has 2 N–H and O–H groups in total. The van der Waals surface area contributed by atoms with Crippen molar-refractivity contribution in [3.8, 4) is 11.5 Å². The minimum Gasteiger partial charge on any atom is -0.508 e. The number of hydrogen-bond acceptors (Lipinski definition) is 3. The number of carbonyl (C=O) groups is 1. The fourth-order valence-electron chi connectivity index (χ4n) is 1.59. The number of halogens is 1. The van der Waals surface area contributed by atoms with Gasteiger partial charge in [0.25, 0.3) is 0 Å². The highest BCUT2D eigenvalue weighted by atomic mass is 35.5. The van der Waals surface area contributed by atoms with Gasteiger partial charge in [-0.15, -0.1) is 0 Å². The molecule has 0 saturated carbocycles. The smallest absolute Gasteiger partial charge is 0.189 e. The second kappa shape index (κ2) is 5.59. The van der Waals surface area contributed by atoms with Gasteiger partial charge in [0.1, 0.15) is 11.5 Å². The summed E-state index contributed by atoms with van der Waals surface area (Å²) in [7, 11) is 0. The SMILES string of the molecule is O=C(/C=C/c1ccccc1Cl)c1ccc(O)cc1O. The van der Waals surface area contributed by atoms with E-state index in [1.807, 2.05) is 6.07 Å². The number of ketones is 1. The standard InChI is InChI=1S/C15H11ClO3/c16-13-4-2-1-3-10(13)5-8-14(18)12-7-6-11(17)9-15(12)19/h1-9,17,19H/b8-5+. The molecule has 0 unspecified atom stereocenters. The highest BCUT2D eigenvalue weighted by Gasteiger charge is 2.08. The molecule has 0 spiro atoms. The topological polar surface area (TPSA) is 57.5 Å². The van der Waals surface area contributed by atoms with Crippen molar-refractivity contribution in [1.82, 2.24) is 0 Å². The van der Waals surface area contributed by atoms with Crippen LogP contribution in [0, 0.1) is 0 Å². The molecule has 0 heterocycles. The minimum absolute atomic E-state index is 0.0934. The summed E-state index contributed by atoms with van der Waals surface area (Å²) in [5.74, 6) is -0.713. The number of carbonyl (C=O) groups excluding carboxylic acids is 1. The molecule has 0 radical (unpaired) electrons. The maximum atomic E-state index is 11.9. The second-order valence-corrected chi connectivity index (χ2v) is 4.33. The van der Waals surface area contributed by atoms with Crippen molar-refractivity contribution < 1.29 is 15.0 Å². The van der Waals surface area contributed by atoms with Crippen LogP contribution in [0.25, 0.3) is 6.08 Å². The normalized spacial score (nSPS) is 10.8. The zero-order valence-corrected chi connectivity index (χ0v) is 10.6. The Balaban J connectivity index is 2.24. The first kappa shape index (κ1) is 13.2. The van der Waals surface area contributed by atoms with Crippen LogP contribution in [0.5, 0.6) is 11.5 Å². The van der Waals surface area contributed by atoms with Crippen LogP contribution >= 0.6 is 11.6 Å². The Morgan fingerprint density at radius 1 is 1.11 bits per heavy atom. The van der Waals surface area contributed by atoms with Gasteiger partial charge in [-0.1, -0.05) is 29.8 Å². The molecule has 96 valence electrons. The van der Waals surface area contributed by atoms with Gasteiger partial charge in [-0.05, 0) is 35.9 Å². The van der Waals surface area contributed by atoms with Crippen molar-refractivity contribution in [3.05, 3.63) is 64.7 Å². The monoisotopic (exact) mass is 274 g/mol. The van der Waals surface area contributed by atoms with Gasteiger partial charge in [-0.2, -0.15) is 0 Å². The van der Waals surface area contributed by atoms with Crippen molar-refractivity contribution in [2.24, 2.45) is 0 Å². The Morgan fingerprint density at radius 3 is 2.53 bits per heavy atom. The molecule has 2 aromatic carbocycles. The molecule has 2 aromatic rings. The van der Waals surface area contributed by atoms with E-state index in [1.165, 1.54) is 18.2 Å². The lowest BCUT2D eigenvalue weighted by atomic mass is 10.1. The van der Waals surface area contributed by atoms with E-state index in [1.54, 1.807) is 24.3 Å². The van der Waals surface area contributed by atoms with Crippen molar-refractivity contribution >= 4 is 23.5 Å². The van der Waals surface area contributed by atoms with E-state index in [9.17, 15) is 9.90 Å². The molecular weight excluding hydrogens is 264 g/mol. The number of benzene rings is 2. The minimum atomic E-state index is -0.364. The fourth-order valence-corrected chi connectivity index (χ4v) is 1.79. The van der Waals surface area contributed by atoms with Crippen molar-refractivity contribution in [3.63, 3.8) is 0 Å². The molecule has 3 nitrogen and oxygen atoms in total. The summed E-state index contributed by atoms with van der Waals surface area (Å²) in [6.07, 6.45) is 2.91. The van der Waals surface area contributed by atoms with Gasteiger partial charge in [-0.3, -0.25) is 4.79 Å². The summed E-state index contributed by atoms with van der Waals surface area (Å²) in [6, 6.07) is 10.9. The number of allylic oxidation sites excluding steroid dienone is 1. The van der Waals surface area contributed by atoms with E-state index in [-0.39, 0.29) is 22.8 Å². The van der Waals surface area contributed by atoms with Crippen LogP contribution in [0.3, 0.4) is 0 Å². The molecule has 4 heteroatoms. The Morgan fingerprint density at radius 2 is 1.84 bits per heavy atom. The summed E-state index contributed by atoms with van der Waals surface area (Å²) >= 11 is 5.96. The molecule has 0 aromatic heterocycles. The first-order chi connectivity index (χ1) is 9.08. The van der Waals surface area contributed by atoms with Gasteiger partial charge in [0.2, 0.25) is 0 Å². The average molecular weight is 275 g/mol. The van der Waals surface area contributed by atoms with E-state index < -0.39 is 0 Å². The summed E-state index contributed by atoms with van der Waals surface area (Å²) in [5, 5.41) is 19.3. The summed E-state index contributed by atoms with van der Waals surface area (Å²) in [4.78, 5) is 11.9. The molecule has 19 heavy (non-hydrogen) atoms. The second-order valence-electron chi connectivity index (χ2n) is 3.92. The van der Waals surface area contributed by atoms with Crippen molar-refractivity contribution in [1.29, 1.82) is 0 Å². The number of phenols is 2. The van der Waals surface area contributed by atoms with E-state index in [4.69, 9.17) is 16.7 Å². The Hall–Kier alpha value is -2.26. The van der Waals surface area contributed by atoms with Gasteiger partial charge >= 0.3 is 0 Å². The number of hydrogen-bond donors (Lipinski definition) is 2. The third-order valence-electron chi connectivity index (χ3n) is 2.57. The van der Waals surface area contributed by atoms with Gasteiger partial charge in [-0.25, -0.2) is 0 Å². The van der Waals surface area contributed by atoms with Crippen LogP contribution < -0.4 is 0 Å². The van der Waals surface area contributed by atoms with Crippen molar-refractivity contribution in [2.75, 3.05) is 0 Å². The number of aromatic hydroxyl groups is 2. The van der Waals surface area contributed by atoms with E-state index in [0.29, 0.717) is 5.02 Å². The first-order valence-corrected chi connectivity index (χ1v) is 5.94. The van der Waals surface area contributed by atoms with Gasteiger partial charge < -0.3 is 10.2 Å². The molecule has 0 aliphatic carbocycles. The predicted octanol–water partition coefficient (Wildman–Crippen LogP) is 3.65. The average Bonchev–Trinajstić information content (AvgIpc) is 2.37. The number of rotatable bonds is 3. The molecule has 0 amide bonds. The largest absolute Gasteiger partial charge is 0.508 e. The molecule has 0 bridgehead atoms. The first-order valence-electron chi connectivity index (χ1n) is 5.57. The van der Waals surface area contributed by atoms with E-state index >= 15 is 0 Å².